The zero-order valence-electron chi connectivity index (χ0n) is 12.3. The lowest BCUT2D eigenvalue weighted by atomic mass is 10.1. The number of likely N-dealkylation sites (N-methyl/N-ethyl adjacent to an activating group) is 1. The van der Waals surface area contributed by atoms with Crippen LogP contribution in [0.2, 0.25) is 0 Å². The summed E-state index contributed by atoms with van der Waals surface area (Å²) in [5.41, 5.74) is 1.44. The van der Waals surface area contributed by atoms with Crippen LogP contribution in [0.1, 0.15) is 52.2 Å². The summed E-state index contributed by atoms with van der Waals surface area (Å²) in [6.07, 6.45) is 8.53. The molecule has 1 unspecified atom stereocenters. The molecule has 0 radical (unpaired) electrons. The second-order valence-corrected chi connectivity index (χ2v) is 7.14. The number of carbonyl (C=O) groups excluding carboxylic acids is 1. The topological polar surface area (TPSA) is 32.3 Å². The van der Waals surface area contributed by atoms with Gasteiger partial charge in [0.05, 0.1) is 4.88 Å². The van der Waals surface area contributed by atoms with Gasteiger partial charge in [-0.05, 0) is 57.2 Å². The molecule has 1 N–H and O–H groups in total. The maximum absolute atomic E-state index is 12.7. The highest BCUT2D eigenvalue weighted by Crippen LogP contribution is 2.30. The van der Waals surface area contributed by atoms with E-state index in [1.165, 1.54) is 42.5 Å². The molecule has 1 atom stereocenters. The molecule has 3 nitrogen and oxygen atoms in total. The summed E-state index contributed by atoms with van der Waals surface area (Å²) in [6, 6.07) is 2.64. The Balaban J connectivity index is 1.73. The zero-order valence-corrected chi connectivity index (χ0v) is 13.1. The average Bonchev–Trinajstić information content (AvgIpc) is 2.77. The molecule has 2 aliphatic rings. The number of fused-ring (bicyclic) bond motifs is 1. The average molecular weight is 292 g/mol. The Labute approximate surface area is 125 Å². The third-order valence-electron chi connectivity index (χ3n) is 4.57. The van der Waals surface area contributed by atoms with E-state index in [2.05, 4.69) is 11.4 Å². The number of nitrogens with one attached hydrogen (secondary N) is 1. The van der Waals surface area contributed by atoms with E-state index in [0.29, 0.717) is 6.04 Å². The molecule has 1 aliphatic heterocycles. The Morgan fingerprint density at radius 1 is 1.30 bits per heavy atom. The number of hydrogen-bond acceptors (Lipinski definition) is 3. The van der Waals surface area contributed by atoms with Gasteiger partial charge in [0.15, 0.2) is 0 Å². The van der Waals surface area contributed by atoms with Gasteiger partial charge in [0.1, 0.15) is 0 Å². The lowest BCUT2D eigenvalue weighted by molar-refractivity contribution is 0.0703. The van der Waals surface area contributed by atoms with Crippen molar-refractivity contribution in [2.45, 2.75) is 51.0 Å². The van der Waals surface area contributed by atoms with Crippen LogP contribution in [0.25, 0.3) is 0 Å². The van der Waals surface area contributed by atoms with Crippen molar-refractivity contribution in [2.24, 2.45) is 0 Å². The first-order valence-electron chi connectivity index (χ1n) is 7.86. The monoisotopic (exact) mass is 292 g/mol. The first-order chi connectivity index (χ1) is 9.78. The molecule has 20 heavy (non-hydrogen) atoms. The van der Waals surface area contributed by atoms with Crippen molar-refractivity contribution < 1.29 is 4.79 Å². The molecule has 0 spiro atoms. The molecule has 2 heterocycles. The van der Waals surface area contributed by atoms with Crippen LogP contribution in [-0.4, -0.2) is 37.0 Å². The van der Waals surface area contributed by atoms with E-state index in [1.807, 2.05) is 11.9 Å². The predicted molar refractivity (Wildman–Crippen MR) is 83.6 cm³/mol. The Bertz CT molecular complexity index is 459. The number of rotatable bonds is 2. The van der Waals surface area contributed by atoms with E-state index < -0.39 is 0 Å². The van der Waals surface area contributed by atoms with Crippen molar-refractivity contribution in [1.82, 2.24) is 10.2 Å². The largest absolute Gasteiger partial charge is 0.336 e. The fourth-order valence-corrected chi connectivity index (χ4v) is 4.55. The number of hydrogen-bond donors (Lipinski definition) is 1. The summed E-state index contributed by atoms with van der Waals surface area (Å²) in [5.74, 6) is 0.253. The molecule has 4 heteroatoms. The van der Waals surface area contributed by atoms with Crippen molar-refractivity contribution in [2.75, 3.05) is 20.1 Å². The Kier molecular flexibility index (Phi) is 4.41. The lowest BCUT2D eigenvalue weighted by Crippen LogP contribution is -2.46. The molecule has 1 aliphatic carbocycles. The zero-order chi connectivity index (χ0) is 13.9. The summed E-state index contributed by atoms with van der Waals surface area (Å²) < 4.78 is 0. The van der Waals surface area contributed by atoms with Crippen molar-refractivity contribution >= 4 is 17.2 Å². The van der Waals surface area contributed by atoms with Crippen LogP contribution in [0.5, 0.6) is 0 Å². The molecule has 110 valence electrons. The van der Waals surface area contributed by atoms with E-state index >= 15 is 0 Å². The van der Waals surface area contributed by atoms with Gasteiger partial charge in [0.25, 0.3) is 5.91 Å². The predicted octanol–water partition coefficient (Wildman–Crippen LogP) is 2.84. The van der Waals surface area contributed by atoms with Gasteiger partial charge in [-0.1, -0.05) is 6.42 Å². The first kappa shape index (κ1) is 14.1. The minimum Gasteiger partial charge on any atom is -0.336 e. The van der Waals surface area contributed by atoms with Gasteiger partial charge in [-0.2, -0.15) is 0 Å². The van der Waals surface area contributed by atoms with Crippen molar-refractivity contribution in [3.05, 3.63) is 21.4 Å². The van der Waals surface area contributed by atoms with Crippen molar-refractivity contribution in [3.63, 3.8) is 0 Å². The fraction of sp³-hybridized carbons (Fsp3) is 0.688. The van der Waals surface area contributed by atoms with Gasteiger partial charge < -0.3 is 10.2 Å². The molecule has 1 fully saturated rings. The van der Waals surface area contributed by atoms with Crippen LogP contribution in [0.15, 0.2) is 6.07 Å². The van der Waals surface area contributed by atoms with Crippen LogP contribution in [0.3, 0.4) is 0 Å². The van der Waals surface area contributed by atoms with Gasteiger partial charge in [-0.15, -0.1) is 11.3 Å². The molecule has 0 aromatic carbocycles. The molecule has 1 amide bonds. The van der Waals surface area contributed by atoms with Crippen LogP contribution < -0.4 is 5.32 Å². The first-order valence-corrected chi connectivity index (χ1v) is 8.67. The van der Waals surface area contributed by atoms with Crippen LogP contribution in [0, 0.1) is 0 Å². The molecule has 0 saturated carbocycles. The van der Waals surface area contributed by atoms with E-state index in [0.717, 1.165) is 30.8 Å². The summed E-state index contributed by atoms with van der Waals surface area (Å²) in [5, 5.41) is 3.31. The van der Waals surface area contributed by atoms with E-state index in [1.54, 1.807) is 11.3 Å². The Morgan fingerprint density at radius 3 is 3.00 bits per heavy atom. The van der Waals surface area contributed by atoms with Crippen molar-refractivity contribution in [3.8, 4) is 0 Å². The molecule has 1 aromatic heterocycles. The highest BCUT2D eigenvalue weighted by Gasteiger charge is 2.25. The third-order valence-corrected chi connectivity index (χ3v) is 5.80. The van der Waals surface area contributed by atoms with Gasteiger partial charge in [0.2, 0.25) is 0 Å². The van der Waals surface area contributed by atoms with Crippen molar-refractivity contribution in [1.29, 1.82) is 0 Å². The quantitative estimate of drug-likeness (QED) is 0.850. The number of piperidine rings is 1. The smallest absolute Gasteiger partial charge is 0.263 e. The highest BCUT2D eigenvalue weighted by molar-refractivity contribution is 7.14. The van der Waals surface area contributed by atoms with E-state index in [9.17, 15) is 4.79 Å². The minimum absolute atomic E-state index is 0.253. The number of aryl methyl sites for hydroxylation is 2. The molecule has 3 rings (SSSR count). The molecular formula is C16H24N2OS. The van der Waals surface area contributed by atoms with Gasteiger partial charge in [-0.3, -0.25) is 4.79 Å². The van der Waals surface area contributed by atoms with Gasteiger partial charge in [-0.25, -0.2) is 0 Å². The maximum atomic E-state index is 12.7. The normalized spacial score (nSPS) is 23.2. The second-order valence-electron chi connectivity index (χ2n) is 6.00. The molecular weight excluding hydrogens is 268 g/mol. The van der Waals surface area contributed by atoms with Crippen LogP contribution in [-0.2, 0) is 12.8 Å². The summed E-state index contributed by atoms with van der Waals surface area (Å²) in [6.45, 7) is 1.78. The van der Waals surface area contributed by atoms with E-state index in [-0.39, 0.29) is 5.91 Å². The Hall–Kier alpha value is -0.870. The summed E-state index contributed by atoms with van der Waals surface area (Å²) in [7, 11) is 1.99. The van der Waals surface area contributed by atoms with Crippen LogP contribution >= 0.6 is 11.3 Å². The fourth-order valence-electron chi connectivity index (χ4n) is 3.33. The van der Waals surface area contributed by atoms with Gasteiger partial charge in [0, 0.05) is 24.0 Å². The molecule has 0 bridgehead atoms. The molecule has 1 saturated heterocycles. The lowest BCUT2D eigenvalue weighted by Gasteiger charge is -2.32. The maximum Gasteiger partial charge on any atom is 0.263 e. The van der Waals surface area contributed by atoms with Crippen LogP contribution in [0.4, 0.5) is 0 Å². The Morgan fingerprint density at radius 2 is 2.15 bits per heavy atom. The number of likely N-dealkylation sites (tertiary alicyclic amines) is 1. The SMILES string of the molecule is CNC1CCCN(C(=O)c2cc3c(s2)CCCCC3)C1. The highest BCUT2D eigenvalue weighted by atomic mass is 32.1. The number of amides is 1. The second kappa shape index (κ2) is 6.27. The van der Waals surface area contributed by atoms with E-state index in [4.69, 9.17) is 0 Å². The summed E-state index contributed by atoms with van der Waals surface area (Å²) >= 11 is 1.75. The minimum atomic E-state index is 0.253. The number of nitrogens with zero attached hydrogens (tertiary/aromatic N) is 1. The standard InChI is InChI=1S/C16H24N2OS/c1-17-13-7-5-9-18(11-13)16(19)15-10-12-6-3-2-4-8-14(12)20-15/h10,13,17H,2-9,11H2,1H3. The summed E-state index contributed by atoms with van der Waals surface area (Å²) in [4.78, 5) is 17.1. The number of thiophene rings is 1. The third kappa shape index (κ3) is 2.91. The van der Waals surface area contributed by atoms with Gasteiger partial charge >= 0.3 is 0 Å². The molecule has 1 aromatic rings. The number of carbonyl (C=O) groups is 1.